The van der Waals surface area contributed by atoms with Crippen LogP contribution in [0.15, 0.2) is 23.6 Å². The van der Waals surface area contributed by atoms with E-state index in [1.807, 2.05) is 12.1 Å². The lowest BCUT2D eigenvalue weighted by Crippen LogP contribution is -2.06. The Hall–Kier alpha value is -0.950. The fourth-order valence-electron chi connectivity index (χ4n) is 2.99. The maximum Gasteiger partial charge on any atom is 0.139 e. The molecule has 4 rings (SSSR count). The molecule has 0 aliphatic carbocycles. The minimum atomic E-state index is 0. The summed E-state index contributed by atoms with van der Waals surface area (Å²) in [6.07, 6.45) is 5.42. The van der Waals surface area contributed by atoms with Crippen LogP contribution in [0.25, 0.3) is 11.3 Å². The Morgan fingerprint density at radius 2 is 1.96 bits per heavy atom. The number of fused-ring (bicyclic) bond motifs is 1. The average molecular weight is 460 g/mol. The fraction of sp³-hybridized carbons (Fsp3) is 0.353. The largest absolute Gasteiger partial charge is 0.315 e. The first-order chi connectivity index (χ1) is 11.7. The molecule has 0 saturated carbocycles. The van der Waals surface area contributed by atoms with Gasteiger partial charge in [0.2, 0.25) is 0 Å². The second-order valence-corrected chi connectivity index (χ2v) is 7.68. The van der Waals surface area contributed by atoms with Crippen molar-refractivity contribution in [1.82, 2.24) is 19.7 Å². The number of aryl methyl sites for hydroxylation is 1. The molecule has 0 N–H and O–H groups in total. The first kappa shape index (κ1) is 18.8. The number of halogens is 3. The van der Waals surface area contributed by atoms with Crippen molar-refractivity contribution in [2.45, 2.75) is 38.6 Å². The third kappa shape index (κ3) is 4.08. The third-order valence-corrected chi connectivity index (χ3v) is 5.85. The maximum absolute atomic E-state index is 6.10. The third-order valence-electron chi connectivity index (χ3n) is 4.26. The van der Waals surface area contributed by atoms with Gasteiger partial charge in [0.15, 0.2) is 0 Å². The van der Waals surface area contributed by atoms with Crippen molar-refractivity contribution in [1.29, 1.82) is 0 Å². The fourth-order valence-corrected chi connectivity index (χ4v) is 4.09. The normalized spacial score (nSPS) is 13.8. The summed E-state index contributed by atoms with van der Waals surface area (Å²) in [5.74, 6) is 2.13. The highest BCUT2D eigenvalue weighted by molar-refractivity contribution is 8.93. The highest BCUT2D eigenvalue weighted by atomic mass is 79.9. The summed E-state index contributed by atoms with van der Waals surface area (Å²) in [7, 11) is 0. The van der Waals surface area contributed by atoms with Crippen LogP contribution < -0.4 is 0 Å². The van der Waals surface area contributed by atoms with Crippen molar-refractivity contribution in [2.75, 3.05) is 0 Å². The van der Waals surface area contributed by atoms with Gasteiger partial charge in [0.25, 0.3) is 0 Å². The van der Waals surface area contributed by atoms with Crippen LogP contribution in [0.1, 0.15) is 35.9 Å². The van der Waals surface area contributed by atoms with Crippen LogP contribution in [0, 0.1) is 0 Å². The van der Waals surface area contributed by atoms with Gasteiger partial charge in [0, 0.05) is 23.9 Å². The standard InChI is InChI=1S/C17H16Cl2N4S.BrH/c18-12-6-5-11(8-13(12)19)14-10-24-17(20-14)9-16-22-21-15-4-2-1-3-7-23(15)16;/h5-6,8,10H,1-4,7,9H2;1H. The van der Waals surface area contributed by atoms with Crippen molar-refractivity contribution in [2.24, 2.45) is 0 Å². The summed E-state index contributed by atoms with van der Waals surface area (Å²) in [4.78, 5) is 4.73. The molecular formula is C17H17BrCl2N4S. The van der Waals surface area contributed by atoms with Gasteiger partial charge in [-0.15, -0.1) is 38.5 Å². The molecule has 0 unspecified atom stereocenters. The van der Waals surface area contributed by atoms with Crippen molar-refractivity contribution >= 4 is 51.5 Å². The van der Waals surface area contributed by atoms with E-state index in [4.69, 9.17) is 28.2 Å². The Labute approximate surface area is 171 Å². The molecule has 0 fully saturated rings. The first-order valence-corrected chi connectivity index (χ1v) is 9.65. The summed E-state index contributed by atoms with van der Waals surface area (Å²) >= 11 is 13.7. The zero-order valence-electron chi connectivity index (χ0n) is 13.4. The summed E-state index contributed by atoms with van der Waals surface area (Å²) in [5, 5.41) is 12.9. The van der Waals surface area contributed by atoms with E-state index in [1.54, 1.807) is 17.4 Å². The van der Waals surface area contributed by atoms with Crippen LogP contribution in [0.4, 0.5) is 0 Å². The molecule has 0 amide bonds. The Bertz CT molecular complexity index is 877. The van der Waals surface area contributed by atoms with Gasteiger partial charge in [-0.25, -0.2) is 4.98 Å². The smallest absolute Gasteiger partial charge is 0.139 e. The van der Waals surface area contributed by atoms with E-state index in [1.165, 1.54) is 19.3 Å². The number of thiazole rings is 1. The van der Waals surface area contributed by atoms with E-state index in [0.29, 0.717) is 10.0 Å². The van der Waals surface area contributed by atoms with E-state index in [2.05, 4.69) is 20.1 Å². The molecule has 0 spiro atoms. The molecule has 0 radical (unpaired) electrons. The van der Waals surface area contributed by atoms with Gasteiger partial charge in [-0.05, 0) is 25.0 Å². The van der Waals surface area contributed by atoms with Crippen LogP contribution >= 0.6 is 51.5 Å². The summed E-state index contributed by atoms with van der Waals surface area (Å²) in [5.41, 5.74) is 1.90. The molecule has 1 aromatic carbocycles. The predicted octanol–water partition coefficient (Wildman–Crippen LogP) is 5.60. The van der Waals surface area contributed by atoms with Crippen LogP contribution in [0.5, 0.6) is 0 Å². The molecule has 0 bridgehead atoms. The van der Waals surface area contributed by atoms with Gasteiger partial charge in [-0.1, -0.05) is 35.7 Å². The Balaban J connectivity index is 0.00000182. The number of aromatic nitrogens is 4. The van der Waals surface area contributed by atoms with Crippen molar-refractivity contribution in [3.05, 3.63) is 50.3 Å². The number of hydrogen-bond donors (Lipinski definition) is 0. The summed E-state index contributed by atoms with van der Waals surface area (Å²) in [6.45, 7) is 1.02. The molecule has 1 aliphatic rings. The zero-order valence-corrected chi connectivity index (χ0v) is 17.5. The number of benzene rings is 1. The van der Waals surface area contributed by atoms with E-state index < -0.39 is 0 Å². The lowest BCUT2D eigenvalue weighted by molar-refractivity contribution is 0.611. The minimum Gasteiger partial charge on any atom is -0.315 e. The van der Waals surface area contributed by atoms with Crippen LogP contribution in [-0.4, -0.2) is 19.7 Å². The Morgan fingerprint density at radius 1 is 1.08 bits per heavy atom. The lowest BCUT2D eigenvalue weighted by Gasteiger charge is -2.05. The average Bonchev–Trinajstić information content (AvgIpc) is 3.12. The second-order valence-electron chi connectivity index (χ2n) is 5.93. The SMILES string of the molecule is Br.Clc1ccc(-c2csc(Cc3nnc4n3CCCCC4)n2)cc1Cl. The first-order valence-electron chi connectivity index (χ1n) is 8.01. The highest BCUT2D eigenvalue weighted by Gasteiger charge is 2.16. The monoisotopic (exact) mass is 458 g/mol. The number of hydrogen-bond acceptors (Lipinski definition) is 4. The van der Waals surface area contributed by atoms with Crippen molar-refractivity contribution < 1.29 is 0 Å². The molecule has 3 heterocycles. The molecule has 132 valence electrons. The van der Waals surface area contributed by atoms with E-state index in [0.717, 1.165) is 47.3 Å². The van der Waals surface area contributed by atoms with Gasteiger partial charge in [0.05, 0.1) is 22.2 Å². The van der Waals surface area contributed by atoms with Gasteiger partial charge >= 0.3 is 0 Å². The molecule has 25 heavy (non-hydrogen) atoms. The van der Waals surface area contributed by atoms with E-state index in [9.17, 15) is 0 Å². The number of nitrogens with zero attached hydrogens (tertiary/aromatic N) is 4. The lowest BCUT2D eigenvalue weighted by atomic mass is 10.2. The predicted molar refractivity (Wildman–Crippen MR) is 108 cm³/mol. The molecular weight excluding hydrogens is 443 g/mol. The van der Waals surface area contributed by atoms with Crippen molar-refractivity contribution in [3.8, 4) is 11.3 Å². The molecule has 3 aromatic rings. The zero-order chi connectivity index (χ0) is 16.5. The summed E-state index contributed by atoms with van der Waals surface area (Å²) < 4.78 is 2.27. The van der Waals surface area contributed by atoms with Gasteiger partial charge in [-0.2, -0.15) is 0 Å². The van der Waals surface area contributed by atoms with E-state index >= 15 is 0 Å². The topological polar surface area (TPSA) is 43.6 Å². The van der Waals surface area contributed by atoms with Crippen LogP contribution in [0.3, 0.4) is 0 Å². The maximum atomic E-state index is 6.10. The molecule has 0 saturated heterocycles. The van der Waals surface area contributed by atoms with Gasteiger partial charge in [0.1, 0.15) is 16.7 Å². The van der Waals surface area contributed by atoms with Gasteiger partial charge < -0.3 is 4.57 Å². The Kier molecular flexibility index (Phi) is 6.15. The molecule has 4 nitrogen and oxygen atoms in total. The molecule has 0 atom stereocenters. The molecule has 1 aliphatic heterocycles. The minimum absolute atomic E-state index is 0. The quantitative estimate of drug-likeness (QED) is 0.511. The Morgan fingerprint density at radius 3 is 2.80 bits per heavy atom. The molecule has 8 heteroatoms. The van der Waals surface area contributed by atoms with Crippen LogP contribution in [-0.2, 0) is 19.4 Å². The summed E-state index contributed by atoms with van der Waals surface area (Å²) in [6, 6.07) is 5.60. The van der Waals surface area contributed by atoms with E-state index in [-0.39, 0.29) is 17.0 Å². The number of rotatable bonds is 3. The second kappa shape index (κ2) is 8.16. The molecule has 2 aromatic heterocycles. The van der Waals surface area contributed by atoms with Crippen molar-refractivity contribution in [3.63, 3.8) is 0 Å². The van der Waals surface area contributed by atoms with Crippen LogP contribution in [0.2, 0.25) is 10.0 Å². The van der Waals surface area contributed by atoms with Gasteiger partial charge in [-0.3, -0.25) is 0 Å². The highest BCUT2D eigenvalue weighted by Crippen LogP contribution is 2.29.